The van der Waals surface area contributed by atoms with Crippen LogP contribution in [-0.2, 0) is 0 Å². The number of para-hydroxylation sites is 1. The Morgan fingerprint density at radius 1 is 1.32 bits per heavy atom. The molecule has 5 heteroatoms. The van der Waals surface area contributed by atoms with Gasteiger partial charge in [-0.15, -0.1) is 0 Å². The summed E-state index contributed by atoms with van der Waals surface area (Å²) in [5, 5.41) is 4.18. The molecule has 2 atom stereocenters. The number of aryl methyl sites for hydroxylation is 1. The molecule has 2 heterocycles. The molecule has 2 aliphatic rings. The minimum Gasteiger partial charge on any atom is -0.490 e. The van der Waals surface area contributed by atoms with Gasteiger partial charge in [-0.25, -0.2) is 0 Å². The first-order valence-corrected chi connectivity index (χ1v) is 9.05. The molecular formula is C20H22N2O2S. The van der Waals surface area contributed by atoms with E-state index in [1.54, 1.807) is 0 Å². The van der Waals surface area contributed by atoms with Gasteiger partial charge in [0.2, 0.25) is 0 Å². The van der Waals surface area contributed by atoms with Gasteiger partial charge in [-0.1, -0.05) is 24.3 Å². The van der Waals surface area contributed by atoms with E-state index in [1.165, 1.54) is 5.56 Å². The van der Waals surface area contributed by atoms with Crippen molar-refractivity contribution in [3.63, 3.8) is 0 Å². The number of nitrogens with one attached hydrogen (secondary N) is 1. The summed E-state index contributed by atoms with van der Waals surface area (Å²) in [7, 11) is 0. The molecular weight excluding hydrogens is 332 g/mol. The first kappa shape index (κ1) is 16.2. The standard InChI is InChI=1S/C20H22N2O2S/c1-4-23-17-10-6-9-15-16-12-20(3,24-18(15)17)22(19(25)21-16)14-8-5-7-13(2)11-14/h5-11,16H,4,12H2,1-3H3,(H,21,25)/t16-,20+/m1/s1. The topological polar surface area (TPSA) is 33.7 Å². The molecule has 0 saturated carbocycles. The minimum absolute atomic E-state index is 0.128. The van der Waals surface area contributed by atoms with E-state index >= 15 is 0 Å². The summed E-state index contributed by atoms with van der Waals surface area (Å²) >= 11 is 5.70. The van der Waals surface area contributed by atoms with Crippen molar-refractivity contribution >= 4 is 23.0 Å². The van der Waals surface area contributed by atoms with Crippen LogP contribution in [-0.4, -0.2) is 17.4 Å². The van der Waals surface area contributed by atoms with E-state index in [2.05, 4.69) is 48.3 Å². The zero-order valence-electron chi connectivity index (χ0n) is 14.7. The Kier molecular flexibility index (Phi) is 3.84. The Morgan fingerprint density at radius 3 is 2.88 bits per heavy atom. The Hall–Kier alpha value is -2.27. The lowest BCUT2D eigenvalue weighted by molar-refractivity contribution is 0.0457. The summed E-state index contributed by atoms with van der Waals surface area (Å²) in [5.74, 6) is 1.60. The molecule has 4 nitrogen and oxygen atoms in total. The summed E-state index contributed by atoms with van der Waals surface area (Å²) in [6.45, 7) is 6.77. The van der Waals surface area contributed by atoms with Crippen LogP contribution < -0.4 is 19.7 Å². The molecule has 25 heavy (non-hydrogen) atoms. The molecule has 0 aromatic heterocycles. The first-order chi connectivity index (χ1) is 12.0. The summed E-state index contributed by atoms with van der Waals surface area (Å²) in [6.07, 6.45) is 0.809. The lowest BCUT2D eigenvalue weighted by Crippen LogP contribution is -2.65. The van der Waals surface area contributed by atoms with Gasteiger partial charge in [-0.3, -0.25) is 4.90 Å². The van der Waals surface area contributed by atoms with E-state index in [4.69, 9.17) is 21.7 Å². The molecule has 1 fully saturated rings. The molecule has 4 rings (SSSR count). The van der Waals surface area contributed by atoms with Crippen LogP contribution in [0.15, 0.2) is 42.5 Å². The molecule has 0 amide bonds. The Morgan fingerprint density at radius 2 is 2.12 bits per heavy atom. The second-order valence-corrected chi connectivity index (χ2v) is 7.15. The number of thiocarbonyl (C=S) groups is 1. The fraction of sp³-hybridized carbons (Fsp3) is 0.350. The second kappa shape index (κ2) is 5.92. The van der Waals surface area contributed by atoms with Gasteiger partial charge >= 0.3 is 0 Å². The van der Waals surface area contributed by atoms with E-state index in [0.29, 0.717) is 11.7 Å². The van der Waals surface area contributed by atoms with Gasteiger partial charge in [0.25, 0.3) is 0 Å². The summed E-state index contributed by atoms with van der Waals surface area (Å²) < 4.78 is 12.3. The van der Waals surface area contributed by atoms with Crippen molar-refractivity contribution in [3.8, 4) is 11.5 Å². The van der Waals surface area contributed by atoms with Crippen LogP contribution in [0.3, 0.4) is 0 Å². The van der Waals surface area contributed by atoms with Crippen LogP contribution in [0.2, 0.25) is 0 Å². The van der Waals surface area contributed by atoms with Crippen LogP contribution in [0, 0.1) is 6.92 Å². The number of nitrogens with zero attached hydrogens (tertiary/aromatic N) is 1. The highest BCUT2D eigenvalue weighted by atomic mass is 32.1. The molecule has 2 bridgehead atoms. The smallest absolute Gasteiger partial charge is 0.188 e. The Bertz CT molecular complexity index is 838. The van der Waals surface area contributed by atoms with Crippen molar-refractivity contribution in [3.05, 3.63) is 53.6 Å². The normalized spacial score (nSPS) is 24.2. The second-order valence-electron chi connectivity index (χ2n) is 6.77. The minimum atomic E-state index is -0.555. The van der Waals surface area contributed by atoms with Gasteiger partial charge in [-0.2, -0.15) is 0 Å². The average Bonchev–Trinajstić information content (AvgIpc) is 2.55. The van der Waals surface area contributed by atoms with Crippen LogP contribution in [0.5, 0.6) is 11.5 Å². The van der Waals surface area contributed by atoms with Crippen LogP contribution in [0.1, 0.15) is 37.4 Å². The third kappa shape index (κ3) is 2.63. The van der Waals surface area contributed by atoms with E-state index in [9.17, 15) is 0 Å². The third-order valence-electron chi connectivity index (χ3n) is 4.82. The molecule has 0 aliphatic carbocycles. The van der Waals surface area contributed by atoms with Crippen molar-refractivity contribution in [2.75, 3.05) is 11.5 Å². The molecule has 0 unspecified atom stereocenters. The summed E-state index contributed by atoms with van der Waals surface area (Å²) in [6, 6.07) is 14.5. The Balaban J connectivity index is 1.81. The van der Waals surface area contributed by atoms with E-state index in [1.807, 2.05) is 25.1 Å². The van der Waals surface area contributed by atoms with Crippen molar-refractivity contribution in [2.45, 2.75) is 39.0 Å². The van der Waals surface area contributed by atoms with Crippen LogP contribution in [0.4, 0.5) is 5.69 Å². The lowest BCUT2D eigenvalue weighted by atomic mass is 9.90. The van der Waals surface area contributed by atoms with Gasteiger partial charge in [0.15, 0.2) is 22.3 Å². The molecule has 1 saturated heterocycles. The number of hydrogen-bond acceptors (Lipinski definition) is 3. The number of ether oxygens (including phenoxy) is 2. The monoisotopic (exact) mass is 354 g/mol. The van der Waals surface area contributed by atoms with Gasteiger partial charge in [0.1, 0.15) is 0 Å². The fourth-order valence-electron chi connectivity index (χ4n) is 3.79. The molecule has 2 aromatic rings. The van der Waals surface area contributed by atoms with Crippen LogP contribution in [0.25, 0.3) is 0 Å². The molecule has 0 radical (unpaired) electrons. The maximum atomic E-state index is 6.52. The van der Waals surface area contributed by atoms with Crippen molar-refractivity contribution in [1.29, 1.82) is 0 Å². The highest BCUT2D eigenvalue weighted by Gasteiger charge is 2.49. The fourth-order valence-corrected chi connectivity index (χ4v) is 4.23. The summed E-state index contributed by atoms with van der Waals surface area (Å²) in [5.41, 5.74) is 2.78. The largest absolute Gasteiger partial charge is 0.490 e. The van der Waals surface area contributed by atoms with Crippen molar-refractivity contribution in [2.24, 2.45) is 0 Å². The van der Waals surface area contributed by atoms with Crippen LogP contribution >= 0.6 is 12.2 Å². The highest BCUT2D eigenvalue weighted by Crippen LogP contribution is 2.49. The number of anilines is 1. The zero-order valence-corrected chi connectivity index (χ0v) is 15.5. The number of fused-ring (bicyclic) bond motifs is 4. The van der Waals surface area contributed by atoms with Crippen molar-refractivity contribution in [1.82, 2.24) is 5.32 Å². The maximum absolute atomic E-state index is 6.52. The predicted octanol–water partition coefficient (Wildman–Crippen LogP) is 4.33. The molecule has 2 aliphatic heterocycles. The SMILES string of the molecule is CCOc1cccc2c1O[C@@]1(C)C[C@H]2NC(=S)N1c1cccc(C)c1. The van der Waals surface area contributed by atoms with Crippen molar-refractivity contribution < 1.29 is 9.47 Å². The van der Waals surface area contributed by atoms with Gasteiger partial charge in [0.05, 0.1) is 12.6 Å². The lowest BCUT2D eigenvalue weighted by Gasteiger charge is -2.52. The predicted molar refractivity (Wildman–Crippen MR) is 103 cm³/mol. The number of hydrogen-bond donors (Lipinski definition) is 1. The van der Waals surface area contributed by atoms with E-state index < -0.39 is 5.72 Å². The number of benzene rings is 2. The van der Waals surface area contributed by atoms with E-state index in [-0.39, 0.29) is 6.04 Å². The highest BCUT2D eigenvalue weighted by molar-refractivity contribution is 7.80. The van der Waals surface area contributed by atoms with Gasteiger partial charge < -0.3 is 14.8 Å². The molecule has 0 spiro atoms. The molecule has 1 N–H and O–H groups in total. The zero-order chi connectivity index (χ0) is 17.6. The third-order valence-corrected chi connectivity index (χ3v) is 5.12. The molecule has 130 valence electrons. The van der Waals surface area contributed by atoms with E-state index in [0.717, 1.165) is 29.2 Å². The average molecular weight is 354 g/mol. The van der Waals surface area contributed by atoms with Gasteiger partial charge in [-0.05, 0) is 56.8 Å². The quantitative estimate of drug-likeness (QED) is 0.830. The van der Waals surface area contributed by atoms with Gasteiger partial charge in [0, 0.05) is 17.7 Å². The summed E-state index contributed by atoms with van der Waals surface area (Å²) in [4.78, 5) is 2.08. The Labute approximate surface area is 153 Å². The first-order valence-electron chi connectivity index (χ1n) is 8.64. The number of rotatable bonds is 3. The molecule has 2 aromatic carbocycles. The maximum Gasteiger partial charge on any atom is 0.188 e.